The molecule has 0 aromatic carbocycles. The normalized spacial score (nSPS) is 20.2. The van der Waals surface area contributed by atoms with E-state index in [1.807, 2.05) is 0 Å². The molecule has 0 aliphatic carbocycles. The van der Waals surface area contributed by atoms with Crippen molar-refractivity contribution in [2.75, 3.05) is 13.1 Å². The highest BCUT2D eigenvalue weighted by Crippen LogP contribution is 2.11. The van der Waals surface area contributed by atoms with Crippen LogP contribution in [0.4, 0.5) is 0 Å². The molecule has 2 heterocycles. The molecule has 5 heteroatoms. The van der Waals surface area contributed by atoms with Crippen molar-refractivity contribution in [3.8, 4) is 0 Å². The summed E-state index contributed by atoms with van der Waals surface area (Å²) in [6, 6.07) is 3.13. The first-order valence-corrected chi connectivity index (χ1v) is 5.17. The molecule has 1 aliphatic rings. The topological polar surface area (TPSA) is 51.2 Å². The molecule has 80 valence electrons. The number of ether oxygens (including phenoxy) is 1. The number of hydrogen-bond acceptors (Lipinski definition) is 4. The summed E-state index contributed by atoms with van der Waals surface area (Å²) in [7, 11) is 0. The van der Waals surface area contributed by atoms with Gasteiger partial charge in [-0.2, -0.15) is 0 Å². The second-order valence-electron chi connectivity index (χ2n) is 3.38. The molecular weight excluding hydrogens is 216 g/mol. The molecule has 2 rings (SSSR count). The number of carbonyl (C=O) groups excluding carboxylic acids is 1. The van der Waals surface area contributed by atoms with Gasteiger partial charge in [0.25, 0.3) is 0 Å². The van der Waals surface area contributed by atoms with E-state index in [2.05, 4.69) is 10.3 Å². The number of nitrogens with one attached hydrogen (secondary N) is 1. The van der Waals surface area contributed by atoms with Crippen LogP contribution in [-0.2, 0) is 4.74 Å². The van der Waals surface area contributed by atoms with Gasteiger partial charge in [0.2, 0.25) is 0 Å². The Labute approximate surface area is 92.6 Å². The van der Waals surface area contributed by atoms with Crippen LogP contribution in [0.5, 0.6) is 0 Å². The first-order chi connectivity index (χ1) is 7.25. The summed E-state index contributed by atoms with van der Waals surface area (Å²) in [4.78, 5) is 15.5. The van der Waals surface area contributed by atoms with Crippen molar-refractivity contribution in [3.05, 3.63) is 29.0 Å². The van der Waals surface area contributed by atoms with Gasteiger partial charge in [-0.25, -0.2) is 9.78 Å². The van der Waals surface area contributed by atoms with Crippen LogP contribution >= 0.6 is 11.6 Å². The monoisotopic (exact) mass is 226 g/mol. The molecule has 1 atom stereocenters. The molecule has 1 aliphatic heterocycles. The molecule has 0 bridgehead atoms. The maximum atomic E-state index is 11.6. The van der Waals surface area contributed by atoms with Crippen LogP contribution in [0.15, 0.2) is 18.3 Å². The highest BCUT2D eigenvalue weighted by Gasteiger charge is 2.20. The molecular formula is C10H11ClN2O2. The van der Waals surface area contributed by atoms with Crippen LogP contribution < -0.4 is 5.32 Å². The minimum atomic E-state index is -0.411. The third kappa shape index (κ3) is 2.67. The van der Waals surface area contributed by atoms with Crippen molar-refractivity contribution in [1.29, 1.82) is 0 Å². The molecule has 1 saturated heterocycles. The molecule has 1 aromatic heterocycles. The molecule has 0 spiro atoms. The molecule has 4 nitrogen and oxygen atoms in total. The zero-order valence-electron chi connectivity index (χ0n) is 8.07. The second kappa shape index (κ2) is 4.59. The van der Waals surface area contributed by atoms with Crippen molar-refractivity contribution >= 4 is 17.6 Å². The van der Waals surface area contributed by atoms with Gasteiger partial charge in [-0.3, -0.25) is 0 Å². The van der Waals surface area contributed by atoms with Gasteiger partial charge in [-0.1, -0.05) is 11.6 Å². The Balaban J connectivity index is 2.01. The van der Waals surface area contributed by atoms with E-state index in [9.17, 15) is 4.79 Å². The Hall–Kier alpha value is -1.13. The molecule has 1 fully saturated rings. The van der Waals surface area contributed by atoms with E-state index in [-0.39, 0.29) is 11.8 Å². The van der Waals surface area contributed by atoms with Gasteiger partial charge in [0.15, 0.2) is 0 Å². The van der Waals surface area contributed by atoms with Crippen LogP contribution in [-0.4, -0.2) is 30.1 Å². The lowest BCUT2D eigenvalue weighted by Crippen LogP contribution is -2.21. The maximum absolute atomic E-state index is 11.6. The molecule has 15 heavy (non-hydrogen) atoms. The quantitative estimate of drug-likeness (QED) is 0.772. The number of esters is 1. The Kier molecular flexibility index (Phi) is 3.18. The first kappa shape index (κ1) is 10.4. The van der Waals surface area contributed by atoms with E-state index in [0.717, 1.165) is 13.0 Å². The number of aromatic nitrogens is 1. The van der Waals surface area contributed by atoms with Crippen LogP contribution in [0.25, 0.3) is 0 Å². The van der Waals surface area contributed by atoms with Gasteiger partial charge < -0.3 is 10.1 Å². The van der Waals surface area contributed by atoms with Gasteiger partial charge in [-0.15, -0.1) is 0 Å². The fourth-order valence-corrected chi connectivity index (χ4v) is 1.62. The lowest BCUT2D eigenvalue weighted by Gasteiger charge is -2.09. The summed E-state index contributed by atoms with van der Waals surface area (Å²) < 4.78 is 5.23. The van der Waals surface area contributed by atoms with Crippen molar-refractivity contribution in [2.45, 2.75) is 12.5 Å². The fourth-order valence-electron chi connectivity index (χ4n) is 1.46. The number of nitrogens with zero attached hydrogens (tertiary/aromatic N) is 1. The molecule has 1 N–H and O–H groups in total. The van der Waals surface area contributed by atoms with Crippen LogP contribution in [0, 0.1) is 0 Å². The number of hydrogen-bond donors (Lipinski definition) is 1. The van der Waals surface area contributed by atoms with E-state index in [1.54, 1.807) is 6.07 Å². The van der Waals surface area contributed by atoms with Crippen molar-refractivity contribution in [2.24, 2.45) is 0 Å². The van der Waals surface area contributed by atoms with Crippen LogP contribution in [0.2, 0.25) is 5.02 Å². The van der Waals surface area contributed by atoms with Crippen molar-refractivity contribution in [3.63, 3.8) is 0 Å². The maximum Gasteiger partial charge on any atom is 0.357 e. The lowest BCUT2D eigenvalue weighted by atomic mass is 10.3. The van der Waals surface area contributed by atoms with Gasteiger partial charge in [0.1, 0.15) is 11.8 Å². The minimum absolute atomic E-state index is 0.0433. The predicted molar refractivity (Wildman–Crippen MR) is 55.9 cm³/mol. The summed E-state index contributed by atoms with van der Waals surface area (Å²) in [5, 5.41) is 3.60. The summed E-state index contributed by atoms with van der Waals surface area (Å²) in [5.74, 6) is -0.411. The Morgan fingerprint density at radius 1 is 1.67 bits per heavy atom. The number of carbonyl (C=O) groups is 1. The fraction of sp³-hybridized carbons (Fsp3) is 0.400. The van der Waals surface area contributed by atoms with Crippen molar-refractivity contribution < 1.29 is 9.53 Å². The smallest absolute Gasteiger partial charge is 0.357 e. The summed E-state index contributed by atoms with van der Waals surface area (Å²) in [6.07, 6.45) is 2.30. The van der Waals surface area contributed by atoms with Crippen LogP contribution in [0.3, 0.4) is 0 Å². The average Bonchev–Trinajstić information content (AvgIpc) is 2.70. The first-order valence-electron chi connectivity index (χ1n) is 4.79. The number of pyridine rings is 1. The highest BCUT2D eigenvalue weighted by atomic mass is 35.5. The van der Waals surface area contributed by atoms with Crippen molar-refractivity contribution in [1.82, 2.24) is 10.3 Å². The molecule has 1 aromatic rings. The summed E-state index contributed by atoms with van der Waals surface area (Å²) in [6.45, 7) is 1.60. The summed E-state index contributed by atoms with van der Waals surface area (Å²) in [5.41, 5.74) is 0.259. The number of rotatable bonds is 2. The minimum Gasteiger partial charge on any atom is -0.456 e. The average molecular weight is 227 g/mol. The molecule has 0 radical (unpaired) electrons. The number of halogens is 1. The van der Waals surface area contributed by atoms with Gasteiger partial charge >= 0.3 is 5.97 Å². The zero-order chi connectivity index (χ0) is 10.7. The van der Waals surface area contributed by atoms with Gasteiger partial charge in [-0.05, 0) is 25.1 Å². The highest BCUT2D eigenvalue weighted by molar-refractivity contribution is 6.30. The second-order valence-corrected chi connectivity index (χ2v) is 3.82. The third-order valence-electron chi connectivity index (χ3n) is 2.22. The SMILES string of the molecule is O=C(OC1CCNC1)c1cc(Cl)ccn1. The third-order valence-corrected chi connectivity index (χ3v) is 2.46. The predicted octanol–water partition coefficient (Wildman–Crippen LogP) is 1.25. The molecule has 1 unspecified atom stereocenters. The lowest BCUT2D eigenvalue weighted by molar-refractivity contribution is 0.0337. The zero-order valence-corrected chi connectivity index (χ0v) is 8.83. The van der Waals surface area contributed by atoms with E-state index < -0.39 is 5.97 Å². The standard InChI is InChI=1S/C10H11ClN2O2/c11-7-1-4-13-9(5-7)10(14)15-8-2-3-12-6-8/h1,4-5,8,12H,2-3,6H2. The Morgan fingerprint density at radius 2 is 2.53 bits per heavy atom. The van der Waals surface area contributed by atoms with E-state index in [1.165, 1.54) is 12.3 Å². The molecule has 0 saturated carbocycles. The van der Waals surface area contributed by atoms with Crippen LogP contribution in [0.1, 0.15) is 16.9 Å². The van der Waals surface area contributed by atoms with Gasteiger partial charge in [0, 0.05) is 17.8 Å². The van der Waals surface area contributed by atoms with E-state index in [4.69, 9.17) is 16.3 Å². The van der Waals surface area contributed by atoms with E-state index >= 15 is 0 Å². The largest absolute Gasteiger partial charge is 0.456 e. The Bertz CT molecular complexity index is 364. The van der Waals surface area contributed by atoms with Gasteiger partial charge in [0.05, 0.1) is 0 Å². The summed E-state index contributed by atoms with van der Waals surface area (Å²) >= 11 is 5.75. The Morgan fingerprint density at radius 3 is 3.20 bits per heavy atom. The van der Waals surface area contributed by atoms with E-state index in [0.29, 0.717) is 11.6 Å². The molecule has 0 amide bonds.